The molecule has 4 rings (SSSR count). The molecule has 4 aromatic rings. The van der Waals surface area contributed by atoms with Gasteiger partial charge in [0.15, 0.2) is 0 Å². The number of aromatic amines is 1. The minimum atomic E-state index is -0.281. The van der Waals surface area contributed by atoms with E-state index in [-0.39, 0.29) is 5.82 Å². The molecule has 1 aromatic carbocycles. The summed E-state index contributed by atoms with van der Waals surface area (Å²) in [6.45, 7) is 4.39. The number of aryl methyl sites for hydroxylation is 1. The summed E-state index contributed by atoms with van der Waals surface area (Å²) in [5, 5.41) is 9.66. The quantitative estimate of drug-likeness (QED) is 0.576. The van der Waals surface area contributed by atoms with Gasteiger partial charge in [0, 0.05) is 22.3 Å². The molecule has 3 heterocycles. The molecule has 0 aliphatic carbocycles. The first kappa shape index (κ1) is 16.5. The van der Waals surface area contributed by atoms with Crippen LogP contribution in [0.3, 0.4) is 0 Å². The van der Waals surface area contributed by atoms with E-state index in [9.17, 15) is 4.39 Å². The fourth-order valence-electron chi connectivity index (χ4n) is 2.83. The van der Waals surface area contributed by atoms with E-state index < -0.39 is 0 Å². The molecule has 8 heteroatoms. The molecule has 0 saturated carbocycles. The number of thiazole rings is 1. The maximum atomic E-state index is 12.9. The standard InChI is InChI=1S/C18H16FN5OS/c1-11-7-15(12(2)24(11)18-20-10-21-23-18)16-9-26-17(22-16)8-25-14-5-3-13(19)4-6-14/h3-7,9-10H,8H2,1-2H3,(H,20,21,23). The highest BCUT2D eigenvalue weighted by Crippen LogP contribution is 2.29. The Kier molecular flexibility index (Phi) is 4.26. The van der Waals surface area contributed by atoms with Gasteiger partial charge in [-0.3, -0.25) is 4.57 Å². The molecular formula is C18H16FN5OS. The van der Waals surface area contributed by atoms with Crippen LogP contribution in [0.5, 0.6) is 5.75 Å². The van der Waals surface area contributed by atoms with E-state index in [1.165, 1.54) is 29.8 Å². The number of nitrogens with one attached hydrogen (secondary N) is 1. The van der Waals surface area contributed by atoms with Crippen LogP contribution in [-0.4, -0.2) is 24.7 Å². The molecule has 0 fully saturated rings. The third kappa shape index (κ3) is 3.11. The highest BCUT2D eigenvalue weighted by molar-refractivity contribution is 7.09. The molecule has 0 radical (unpaired) electrons. The van der Waals surface area contributed by atoms with Crippen LogP contribution in [-0.2, 0) is 6.61 Å². The lowest BCUT2D eigenvalue weighted by Crippen LogP contribution is -2.01. The Hall–Kier alpha value is -3.00. The topological polar surface area (TPSA) is 68.6 Å². The van der Waals surface area contributed by atoms with Gasteiger partial charge in [0.2, 0.25) is 5.95 Å². The van der Waals surface area contributed by atoms with Crippen molar-refractivity contribution in [3.8, 4) is 23.0 Å². The van der Waals surface area contributed by atoms with Crippen molar-refractivity contribution >= 4 is 11.3 Å². The molecule has 0 saturated heterocycles. The van der Waals surface area contributed by atoms with Crippen molar-refractivity contribution in [2.24, 2.45) is 0 Å². The van der Waals surface area contributed by atoms with Crippen molar-refractivity contribution < 1.29 is 9.13 Å². The number of hydrogen-bond donors (Lipinski definition) is 1. The molecule has 0 spiro atoms. The lowest BCUT2D eigenvalue weighted by Gasteiger charge is -2.04. The molecule has 1 N–H and O–H groups in total. The zero-order valence-corrected chi connectivity index (χ0v) is 15.0. The van der Waals surface area contributed by atoms with Crippen LogP contribution in [0.1, 0.15) is 16.4 Å². The number of rotatable bonds is 5. The number of hydrogen-bond acceptors (Lipinski definition) is 5. The summed E-state index contributed by atoms with van der Waals surface area (Å²) >= 11 is 1.53. The highest BCUT2D eigenvalue weighted by atomic mass is 32.1. The zero-order valence-electron chi connectivity index (χ0n) is 14.2. The van der Waals surface area contributed by atoms with Crippen molar-refractivity contribution in [3.05, 3.63) is 64.3 Å². The number of aromatic nitrogens is 5. The molecule has 0 amide bonds. The number of benzene rings is 1. The lowest BCUT2D eigenvalue weighted by atomic mass is 10.2. The predicted molar refractivity (Wildman–Crippen MR) is 97.0 cm³/mol. The van der Waals surface area contributed by atoms with Crippen LogP contribution >= 0.6 is 11.3 Å². The molecule has 0 unspecified atom stereocenters. The van der Waals surface area contributed by atoms with Gasteiger partial charge >= 0.3 is 0 Å². The summed E-state index contributed by atoms with van der Waals surface area (Å²) in [5.74, 6) is 1.02. The summed E-state index contributed by atoms with van der Waals surface area (Å²) in [6.07, 6.45) is 1.49. The van der Waals surface area contributed by atoms with Crippen molar-refractivity contribution in [1.82, 2.24) is 24.7 Å². The van der Waals surface area contributed by atoms with Gasteiger partial charge < -0.3 is 4.74 Å². The normalized spacial score (nSPS) is 11.0. The van der Waals surface area contributed by atoms with E-state index in [1.807, 2.05) is 23.8 Å². The second-order valence-electron chi connectivity index (χ2n) is 5.80. The van der Waals surface area contributed by atoms with Crippen LogP contribution in [0.15, 0.2) is 42.0 Å². The Balaban J connectivity index is 1.55. The number of H-pyrrole nitrogens is 1. The SMILES string of the molecule is Cc1cc(-c2csc(COc3ccc(F)cc3)n2)c(C)n1-c1ncn[nH]1. The van der Waals surface area contributed by atoms with Gasteiger partial charge in [-0.05, 0) is 44.2 Å². The Bertz CT molecular complexity index is 1020. The minimum Gasteiger partial charge on any atom is -0.486 e. The number of ether oxygens (including phenoxy) is 1. The van der Waals surface area contributed by atoms with E-state index in [1.54, 1.807) is 12.1 Å². The predicted octanol–water partition coefficient (Wildman–Crippen LogP) is 4.05. The van der Waals surface area contributed by atoms with Gasteiger partial charge in [-0.25, -0.2) is 14.5 Å². The molecule has 26 heavy (non-hydrogen) atoms. The van der Waals surface area contributed by atoms with Gasteiger partial charge in [0.05, 0.1) is 5.69 Å². The molecule has 132 valence electrons. The highest BCUT2D eigenvalue weighted by Gasteiger charge is 2.16. The number of halogens is 1. The number of nitrogens with zero attached hydrogens (tertiary/aromatic N) is 4. The van der Waals surface area contributed by atoms with Gasteiger partial charge in [-0.2, -0.15) is 10.1 Å². The third-order valence-electron chi connectivity index (χ3n) is 4.05. The minimum absolute atomic E-state index is 0.281. The van der Waals surface area contributed by atoms with Crippen molar-refractivity contribution in [1.29, 1.82) is 0 Å². The van der Waals surface area contributed by atoms with E-state index in [0.717, 1.165) is 27.7 Å². The van der Waals surface area contributed by atoms with Gasteiger partial charge in [-0.1, -0.05) is 0 Å². The molecule has 0 aliphatic rings. The summed E-state index contributed by atoms with van der Waals surface area (Å²) in [7, 11) is 0. The largest absolute Gasteiger partial charge is 0.486 e. The molecule has 0 atom stereocenters. The zero-order chi connectivity index (χ0) is 18.1. The Morgan fingerprint density at radius 2 is 2.04 bits per heavy atom. The maximum absolute atomic E-state index is 12.9. The second kappa shape index (κ2) is 6.72. The Labute approximate surface area is 153 Å². The van der Waals surface area contributed by atoms with Gasteiger partial charge in [0.25, 0.3) is 0 Å². The second-order valence-corrected chi connectivity index (χ2v) is 6.74. The first-order chi connectivity index (χ1) is 12.6. The van der Waals surface area contributed by atoms with E-state index in [2.05, 4.69) is 26.2 Å². The Morgan fingerprint density at radius 3 is 2.77 bits per heavy atom. The molecule has 3 aromatic heterocycles. The summed E-state index contributed by atoms with van der Waals surface area (Å²) in [4.78, 5) is 8.89. The first-order valence-electron chi connectivity index (χ1n) is 7.99. The third-order valence-corrected chi connectivity index (χ3v) is 4.87. The van der Waals surface area contributed by atoms with Crippen LogP contribution in [0, 0.1) is 19.7 Å². The van der Waals surface area contributed by atoms with Gasteiger partial charge in [0.1, 0.15) is 29.5 Å². The van der Waals surface area contributed by atoms with E-state index in [4.69, 9.17) is 4.74 Å². The van der Waals surface area contributed by atoms with Crippen molar-refractivity contribution in [3.63, 3.8) is 0 Å². The fraction of sp³-hybridized carbons (Fsp3) is 0.167. The monoisotopic (exact) mass is 369 g/mol. The summed E-state index contributed by atoms with van der Waals surface area (Å²) in [6, 6.07) is 8.04. The average Bonchev–Trinajstić information content (AvgIpc) is 3.35. The summed E-state index contributed by atoms with van der Waals surface area (Å²) in [5.41, 5.74) is 4.02. The maximum Gasteiger partial charge on any atom is 0.229 e. The fourth-order valence-corrected chi connectivity index (χ4v) is 3.54. The van der Waals surface area contributed by atoms with E-state index in [0.29, 0.717) is 18.3 Å². The Morgan fingerprint density at radius 1 is 1.23 bits per heavy atom. The van der Waals surface area contributed by atoms with Crippen LogP contribution in [0.25, 0.3) is 17.2 Å². The van der Waals surface area contributed by atoms with E-state index >= 15 is 0 Å². The van der Waals surface area contributed by atoms with Crippen LogP contribution in [0.2, 0.25) is 0 Å². The lowest BCUT2D eigenvalue weighted by molar-refractivity contribution is 0.305. The van der Waals surface area contributed by atoms with Crippen molar-refractivity contribution in [2.75, 3.05) is 0 Å². The average molecular weight is 369 g/mol. The first-order valence-corrected chi connectivity index (χ1v) is 8.87. The van der Waals surface area contributed by atoms with Crippen LogP contribution < -0.4 is 4.74 Å². The van der Waals surface area contributed by atoms with Crippen LogP contribution in [0.4, 0.5) is 4.39 Å². The molecule has 0 bridgehead atoms. The molecular weight excluding hydrogens is 353 g/mol. The van der Waals surface area contributed by atoms with Crippen molar-refractivity contribution in [2.45, 2.75) is 20.5 Å². The smallest absolute Gasteiger partial charge is 0.229 e. The van der Waals surface area contributed by atoms with Gasteiger partial charge in [-0.15, -0.1) is 11.3 Å². The molecule has 0 aliphatic heterocycles. The summed E-state index contributed by atoms with van der Waals surface area (Å²) < 4.78 is 20.6. The molecule has 6 nitrogen and oxygen atoms in total.